The Morgan fingerprint density at radius 3 is 2.61 bits per heavy atom. The van der Waals surface area contributed by atoms with Gasteiger partial charge in [0, 0.05) is 21.1 Å². The molecule has 1 aromatic heterocycles. The largest absolute Gasteiger partial charge is 0.354 e. The summed E-state index contributed by atoms with van der Waals surface area (Å²) in [7, 11) is 0. The van der Waals surface area contributed by atoms with E-state index >= 15 is 0 Å². The van der Waals surface area contributed by atoms with Gasteiger partial charge in [0.15, 0.2) is 0 Å². The summed E-state index contributed by atoms with van der Waals surface area (Å²) >= 11 is 3.58. The Labute approximate surface area is 115 Å². The Morgan fingerprint density at radius 2 is 1.83 bits per heavy atom. The molecule has 0 saturated heterocycles. The van der Waals surface area contributed by atoms with Gasteiger partial charge in [0.25, 0.3) is 0 Å². The minimum Gasteiger partial charge on any atom is -0.354 e. The molecule has 2 aromatic carbocycles. The van der Waals surface area contributed by atoms with Crippen LogP contribution in [0.3, 0.4) is 0 Å². The Balaban J connectivity index is 2.26. The normalized spacial score (nSPS) is 11.1. The predicted molar refractivity (Wildman–Crippen MR) is 80.9 cm³/mol. The predicted octanol–water partition coefficient (Wildman–Crippen LogP) is 5.21. The van der Waals surface area contributed by atoms with Crippen LogP contribution in [0.5, 0.6) is 0 Å². The minimum absolute atomic E-state index is 1.11. The summed E-state index contributed by atoms with van der Waals surface area (Å²) in [6.07, 6.45) is 0. The summed E-state index contributed by atoms with van der Waals surface area (Å²) in [6.45, 7) is 4.27. The van der Waals surface area contributed by atoms with Gasteiger partial charge in [-0.1, -0.05) is 29.8 Å². The van der Waals surface area contributed by atoms with E-state index in [1.165, 1.54) is 27.8 Å². The summed E-state index contributed by atoms with van der Waals surface area (Å²) in [6, 6.07) is 15.0. The lowest BCUT2D eigenvalue weighted by molar-refractivity contribution is 1.35. The van der Waals surface area contributed by atoms with Crippen molar-refractivity contribution in [3.63, 3.8) is 0 Å². The first-order valence-electron chi connectivity index (χ1n) is 6.00. The number of hydrogen-bond acceptors (Lipinski definition) is 0. The van der Waals surface area contributed by atoms with Crippen LogP contribution in [0, 0.1) is 13.8 Å². The van der Waals surface area contributed by atoms with Gasteiger partial charge in [-0.2, -0.15) is 0 Å². The van der Waals surface area contributed by atoms with E-state index in [4.69, 9.17) is 0 Å². The molecule has 1 N–H and O–H groups in total. The van der Waals surface area contributed by atoms with Gasteiger partial charge in [0.2, 0.25) is 0 Å². The molecule has 0 unspecified atom stereocenters. The summed E-state index contributed by atoms with van der Waals surface area (Å²) in [5.74, 6) is 0. The van der Waals surface area contributed by atoms with Crippen molar-refractivity contribution >= 4 is 26.8 Å². The van der Waals surface area contributed by atoms with E-state index in [0.29, 0.717) is 0 Å². The topological polar surface area (TPSA) is 15.8 Å². The van der Waals surface area contributed by atoms with Crippen LogP contribution in [0.25, 0.3) is 22.2 Å². The number of hydrogen-bond donors (Lipinski definition) is 1. The van der Waals surface area contributed by atoms with Crippen LogP contribution in [-0.4, -0.2) is 4.98 Å². The molecule has 0 saturated carbocycles. The quantitative estimate of drug-likeness (QED) is 0.634. The first kappa shape index (κ1) is 11.5. The van der Waals surface area contributed by atoms with Crippen LogP contribution in [-0.2, 0) is 0 Å². The number of benzene rings is 2. The molecule has 18 heavy (non-hydrogen) atoms. The third-order valence-electron chi connectivity index (χ3n) is 3.29. The maximum atomic E-state index is 3.58. The number of aromatic nitrogens is 1. The monoisotopic (exact) mass is 299 g/mol. The zero-order valence-corrected chi connectivity index (χ0v) is 12.0. The number of H-pyrrole nitrogens is 1. The van der Waals surface area contributed by atoms with Crippen molar-refractivity contribution in [2.75, 3.05) is 0 Å². The second kappa shape index (κ2) is 4.29. The van der Waals surface area contributed by atoms with Crippen molar-refractivity contribution in [2.24, 2.45) is 0 Å². The Bertz CT molecular complexity index is 725. The van der Waals surface area contributed by atoms with Crippen molar-refractivity contribution in [3.05, 3.63) is 58.1 Å². The fourth-order valence-corrected chi connectivity index (χ4v) is 2.77. The van der Waals surface area contributed by atoms with Gasteiger partial charge in [-0.05, 0) is 53.5 Å². The van der Waals surface area contributed by atoms with Gasteiger partial charge in [-0.3, -0.25) is 0 Å². The van der Waals surface area contributed by atoms with Gasteiger partial charge in [0.05, 0.1) is 5.52 Å². The highest BCUT2D eigenvalue weighted by atomic mass is 79.9. The van der Waals surface area contributed by atoms with E-state index in [1.54, 1.807) is 0 Å². The highest BCUT2D eigenvalue weighted by molar-refractivity contribution is 9.10. The summed E-state index contributed by atoms with van der Waals surface area (Å²) in [4.78, 5) is 3.50. The SMILES string of the molecule is Cc1ccc(C)c(-c2cc3cccc(Br)c3[nH]2)c1. The van der Waals surface area contributed by atoms with Gasteiger partial charge in [0.1, 0.15) is 0 Å². The maximum absolute atomic E-state index is 3.58. The lowest BCUT2D eigenvalue weighted by atomic mass is 10.0. The van der Waals surface area contributed by atoms with Crippen LogP contribution in [0.4, 0.5) is 0 Å². The highest BCUT2D eigenvalue weighted by Crippen LogP contribution is 2.30. The number of rotatable bonds is 1. The van der Waals surface area contributed by atoms with Crippen molar-refractivity contribution in [1.29, 1.82) is 0 Å². The highest BCUT2D eigenvalue weighted by Gasteiger charge is 2.07. The standard InChI is InChI=1S/C16H14BrN/c1-10-6-7-11(2)13(8-10)15-9-12-4-3-5-14(17)16(12)18-15/h3-9,18H,1-2H3. The molecule has 0 aliphatic rings. The van der Waals surface area contributed by atoms with Crippen LogP contribution in [0.1, 0.15) is 11.1 Å². The molecule has 0 fully saturated rings. The molecular formula is C16H14BrN. The van der Waals surface area contributed by atoms with Gasteiger partial charge >= 0.3 is 0 Å². The molecule has 90 valence electrons. The smallest absolute Gasteiger partial charge is 0.0603 e. The molecule has 2 heteroatoms. The van der Waals surface area contributed by atoms with E-state index in [2.05, 4.69) is 77.2 Å². The Hall–Kier alpha value is -1.54. The van der Waals surface area contributed by atoms with E-state index in [1.807, 2.05) is 0 Å². The van der Waals surface area contributed by atoms with Crippen molar-refractivity contribution in [2.45, 2.75) is 13.8 Å². The lowest BCUT2D eigenvalue weighted by Gasteiger charge is -2.04. The Morgan fingerprint density at radius 1 is 1.00 bits per heavy atom. The molecule has 0 amide bonds. The molecule has 0 radical (unpaired) electrons. The van der Waals surface area contributed by atoms with Crippen molar-refractivity contribution in [3.8, 4) is 11.3 Å². The first-order valence-corrected chi connectivity index (χ1v) is 6.79. The molecule has 0 atom stereocenters. The van der Waals surface area contributed by atoms with Crippen LogP contribution in [0.2, 0.25) is 0 Å². The molecular weight excluding hydrogens is 286 g/mol. The average Bonchev–Trinajstić information content (AvgIpc) is 2.77. The van der Waals surface area contributed by atoms with Gasteiger partial charge in [-0.15, -0.1) is 0 Å². The Kier molecular flexibility index (Phi) is 2.75. The van der Waals surface area contributed by atoms with E-state index in [9.17, 15) is 0 Å². The molecule has 1 heterocycles. The third kappa shape index (κ3) is 1.87. The number of halogens is 1. The summed E-state index contributed by atoms with van der Waals surface area (Å²) < 4.78 is 1.11. The second-order valence-electron chi connectivity index (χ2n) is 4.71. The number of fused-ring (bicyclic) bond motifs is 1. The number of aromatic amines is 1. The van der Waals surface area contributed by atoms with Crippen LogP contribution >= 0.6 is 15.9 Å². The van der Waals surface area contributed by atoms with Gasteiger partial charge < -0.3 is 4.98 Å². The zero-order chi connectivity index (χ0) is 12.7. The van der Waals surface area contributed by atoms with Crippen molar-refractivity contribution < 1.29 is 0 Å². The minimum atomic E-state index is 1.11. The molecule has 1 nitrogen and oxygen atoms in total. The zero-order valence-electron chi connectivity index (χ0n) is 10.4. The molecule has 0 aliphatic carbocycles. The van der Waals surface area contributed by atoms with Crippen LogP contribution < -0.4 is 0 Å². The molecule has 3 aromatic rings. The molecule has 0 bridgehead atoms. The van der Waals surface area contributed by atoms with E-state index in [0.717, 1.165) is 9.99 Å². The van der Waals surface area contributed by atoms with Crippen molar-refractivity contribution in [1.82, 2.24) is 4.98 Å². The molecule has 3 rings (SSSR count). The fraction of sp³-hybridized carbons (Fsp3) is 0.125. The van der Waals surface area contributed by atoms with E-state index in [-0.39, 0.29) is 0 Å². The maximum Gasteiger partial charge on any atom is 0.0603 e. The lowest BCUT2D eigenvalue weighted by Crippen LogP contribution is -1.84. The number of para-hydroxylation sites is 1. The summed E-state index contributed by atoms with van der Waals surface area (Å²) in [5.41, 5.74) is 6.20. The fourth-order valence-electron chi connectivity index (χ4n) is 2.29. The number of nitrogens with one attached hydrogen (secondary N) is 1. The van der Waals surface area contributed by atoms with Crippen LogP contribution in [0.15, 0.2) is 46.9 Å². The molecule has 0 spiro atoms. The summed E-state index contributed by atoms with van der Waals surface area (Å²) in [5, 5.41) is 1.24. The number of aryl methyl sites for hydroxylation is 2. The first-order chi connectivity index (χ1) is 8.65. The van der Waals surface area contributed by atoms with Gasteiger partial charge in [-0.25, -0.2) is 0 Å². The third-order valence-corrected chi connectivity index (χ3v) is 3.95. The molecule has 0 aliphatic heterocycles. The van der Waals surface area contributed by atoms with E-state index < -0.39 is 0 Å². The average molecular weight is 300 g/mol. The second-order valence-corrected chi connectivity index (χ2v) is 5.56.